The third-order valence-corrected chi connectivity index (χ3v) is 5.63. The Labute approximate surface area is 159 Å². The van der Waals surface area contributed by atoms with Gasteiger partial charge in [0.15, 0.2) is 0 Å². The highest BCUT2D eigenvalue weighted by Gasteiger charge is 2.28. The fourth-order valence-corrected chi connectivity index (χ4v) is 3.91. The molecule has 2 N–H and O–H groups in total. The zero-order chi connectivity index (χ0) is 19.4. The van der Waals surface area contributed by atoms with Gasteiger partial charge in [-0.2, -0.15) is 0 Å². The molecule has 0 unspecified atom stereocenters. The van der Waals surface area contributed by atoms with Crippen LogP contribution in [0.25, 0.3) is 6.08 Å². The minimum Gasteiger partial charge on any atom is -0.496 e. The molecule has 1 aliphatic carbocycles. The standard InChI is InChI=1S/C20H22N2O4S/c1-14-6-10-19(26-2)15(12-14)7-11-20(23)21-17-4-3-5-18(13-17)27(24,25)22-16-8-9-16/h3-7,10-13,16,22H,8-9H2,1-2H3,(H,21,23)/b11-7+. The minimum atomic E-state index is -3.56. The van der Waals surface area contributed by atoms with Gasteiger partial charge in [0.1, 0.15) is 5.75 Å². The summed E-state index contributed by atoms with van der Waals surface area (Å²) in [4.78, 5) is 12.4. The molecular weight excluding hydrogens is 364 g/mol. The van der Waals surface area contributed by atoms with E-state index in [1.165, 1.54) is 18.2 Å². The molecule has 0 atom stereocenters. The number of ether oxygens (including phenoxy) is 1. The van der Waals surface area contributed by atoms with Gasteiger partial charge >= 0.3 is 0 Å². The van der Waals surface area contributed by atoms with Gasteiger partial charge in [-0.25, -0.2) is 13.1 Å². The number of methoxy groups -OCH3 is 1. The maximum Gasteiger partial charge on any atom is 0.248 e. The predicted octanol–water partition coefficient (Wildman–Crippen LogP) is 3.10. The van der Waals surface area contributed by atoms with E-state index in [0.29, 0.717) is 11.4 Å². The highest BCUT2D eigenvalue weighted by atomic mass is 32.2. The highest BCUT2D eigenvalue weighted by molar-refractivity contribution is 7.89. The first-order valence-electron chi connectivity index (χ1n) is 8.63. The van der Waals surface area contributed by atoms with Crippen LogP contribution in [0.15, 0.2) is 53.4 Å². The lowest BCUT2D eigenvalue weighted by Gasteiger charge is -2.08. The number of sulfonamides is 1. The van der Waals surface area contributed by atoms with Crippen LogP contribution in [0.2, 0.25) is 0 Å². The molecule has 7 heteroatoms. The van der Waals surface area contributed by atoms with Gasteiger partial charge in [0, 0.05) is 23.4 Å². The molecule has 0 heterocycles. The van der Waals surface area contributed by atoms with Crippen molar-refractivity contribution >= 4 is 27.7 Å². The maximum absolute atomic E-state index is 12.3. The lowest BCUT2D eigenvalue weighted by molar-refractivity contribution is -0.111. The summed E-state index contributed by atoms with van der Waals surface area (Å²) < 4.78 is 32.5. The molecule has 1 fully saturated rings. The number of hydrogen-bond acceptors (Lipinski definition) is 4. The average molecular weight is 386 g/mol. The van der Waals surface area contributed by atoms with Crippen LogP contribution < -0.4 is 14.8 Å². The topological polar surface area (TPSA) is 84.5 Å². The number of hydrogen-bond donors (Lipinski definition) is 2. The number of anilines is 1. The van der Waals surface area contributed by atoms with Gasteiger partial charge in [-0.3, -0.25) is 4.79 Å². The van der Waals surface area contributed by atoms with Crippen LogP contribution >= 0.6 is 0 Å². The highest BCUT2D eigenvalue weighted by Crippen LogP contribution is 2.24. The van der Waals surface area contributed by atoms with Crippen LogP contribution in [0.3, 0.4) is 0 Å². The van der Waals surface area contributed by atoms with Crippen LogP contribution in [0.5, 0.6) is 5.75 Å². The normalized spacial score (nSPS) is 14.3. The first kappa shape index (κ1) is 19.1. The summed E-state index contributed by atoms with van der Waals surface area (Å²) in [5.41, 5.74) is 2.26. The van der Waals surface area contributed by atoms with Gasteiger partial charge in [0.2, 0.25) is 15.9 Å². The summed E-state index contributed by atoms with van der Waals surface area (Å²) in [6.07, 6.45) is 4.78. The molecule has 0 aromatic heterocycles. The monoisotopic (exact) mass is 386 g/mol. The molecule has 0 bridgehead atoms. The van der Waals surface area contributed by atoms with Crippen LogP contribution in [0.1, 0.15) is 24.0 Å². The molecule has 1 aliphatic rings. The SMILES string of the molecule is COc1ccc(C)cc1/C=C/C(=O)Nc1cccc(S(=O)(=O)NC2CC2)c1. The second-order valence-electron chi connectivity index (χ2n) is 6.49. The van der Waals surface area contributed by atoms with E-state index >= 15 is 0 Å². The van der Waals surface area contributed by atoms with E-state index in [1.807, 2.05) is 25.1 Å². The van der Waals surface area contributed by atoms with Gasteiger partial charge < -0.3 is 10.1 Å². The van der Waals surface area contributed by atoms with Gasteiger partial charge in [0.05, 0.1) is 12.0 Å². The Hall–Kier alpha value is -2.64. The largest absolute Gasteiger partial charge is 0.496 e. The number of carbonyl (C=O) groups excluding carboxylic acids is 1. The number of rotatable bonds is 7. The third kappa shape index (κ3) is 5.18. The summed E-state index contributed by atoms with van der Waals surface area (Å²) in [6, 6.07) is 11.9. The van der Waals surface area contributed by atoms with Crippen LogP contribution in [0, 0.1) is 6.92 Å². The van der Waals surface area contributed by atoms with E-state index in [2.05, 4.69) is 10.0 Å². The fourth-order valence-electron chi connectivity index (χ4n) is 2.56. The van der Waals surface area contributed by atoms with Crippen LogP contribution in [0.4, 0.5) is 5.69 Å². The second-order valence-corrected chi connectivity index (χ2v) is 8.21. The minimum absolute atomic E-state index is 0.0282. The molecule has 142 valence electrons. The van der Waals surface area contributed by atoms with E-state index in [1.54, 1.807) is 25.3 Å². The smallest absolute Gasteiger partial charge is 0.248 e. The number of carbonyl (C=O) groups is 1. The Morgan fingerprint density at radius 1 is 1.19 bits per heavy atom. The molecule has 2 aromatic rings. The van der Waals surface area contributed by atoms with Crippen molar-refractivity contribution < 1.29 is 17.9 Å². The molecule has 0 spiro atoms. The molecule has 0 saturated heterocycles. The maximum atomic E-state index is 12.3. The number of aryl methyl sites for hydroxylation is 1. The molecule has 1 amide bonds. The summed E-state index contributed by atoms with van der Waals surface area (Å²) >= 11 is 0. The number of benzene rings is 2. The Kier molecular flexibility index (Phi) is 5.62. The quantitative estimate of drug-likeness (QED) is 0.716. The summed E-state index contributed by atoms with van der Waals surface area (Å²) in [7, 11) is -1.99. The van der Waals surface area contributed by atoms with E-state index in [0.717, 1.165) is 24.0 Å². The average Bonchev–Trinajstić information content (AvgIpc) is 3.43. The number of amides is 1. The summed E-state index contributed by atoms with van der Waals surface area (Å²) in [5.74, 6) is 0.312. The van der Waals surface area contributed by atoms with Crippen LogP contribution in [-0.2, 0) is 14.8 Å². The zero-order valence-corrected chi connectivity index (χ0v) is 16.0. The molecule has 3 rings (SSSR count). The Morgan fingerprint density at radius 2 is 1.96 bits per heavy atom. The van der Waals surface area contributed by atoms with E-state index in [9.17, 15) is 13.2 Å². The first-order valence-corrected chi connectivity index (χ1v) is 10.1. The lowest BCUT2D eigenvalue weighted by Crippen LogP contribution is -2.25. The lowest BCUT2D eigenvalue weighted by atomic mass is 10.1. The third-order valence-electron chi connectivity index (χ3n) is 4.11. The van der Waals surface area contributed by atoms with Crippen molar-refractivity contribution in [3.05, 3.63) is 59.7 Å². The molecular formula is C20H22N2O4S. The first-order chi connectivity index (χ1) is 12.9. The summed E-state index contributed by atoms with van der Waals surface area (Å²) in [5, 5.41) is 2.69. The van der Waals surface area contributed by atoms with Crippen molar-refractivity contribution in [1.29, 1.82) is 0 Å². The Morgan fingerprint density at radius 3 is 2.67 bits per heavy atom. The van der Waals surface area contributed by atoms with Gasteiger partial charge in [-0.15, -0.1) is 0 Å². The van der Waals surface area contributed by atoms with Crippen molar-refractivity contribution in [2.45, 2.75) is 30.7 Å². The van der Waals surface area contributed by atoms with Gasteiger partial charge in [0.25, 0.3) is 0 Å². The molecule has 0 aliphatic heterocycles. The summed E-state index contributed by atoms with van der Waals surface area (Å²) in [6.45, 7) is 1.96. The second kappa shape index (κ2) is 7.94. The Balaban J connectivity index is 1.71. The van der Waals surface area contributed by atoms with Gasteiger partial charge in [-0.1, -0.05) is 17.7 Å². The molecule has 6 nitrogen and oxygen atoms in total. The number of nitrogens with one attached hydrogen (secondary N) is 2. The predicted molar refractivity (Wildman–Crippen MR) is 105 cm³/mol. The van der Waals surface area contributed by atoms with Crippen molar-refractivity contribution in [3.63, 3.8) is 0 Å². The Bertz CT molecular complexity index is 979. The van der Waals surface area contributed by atoms with E-state index in [-0.39, 0.29) is 16.8 Å². The molecule has 27 heavy (non-hydrogen) atoms. The molecule has 1 saturated carbocycles. The van der Waals surface area contributed by atoms with Crippen molar-refractivity contribution in [1.82, 2.24) is 4.72 Å². The van der Waals surface area contributed by atoms with Crippen molar-refractivity contribution in [2.75, 3.05) is 12.4 Å². The van der Waals surface area contributed by atoms with E-state index < -0.39 is 10.0 Å². The fraction of sp³-hybridized carbons (Fsp3) is 0.250. The molecule has 0 radical (unpaired) electrons. The molecule has 2 aromatic carbocycles. The van der Waals surface area contributed by atoms with E-state index in [4.69, 9.17) is 4.74 Å². The zero-order valence-electron chi connectivity index (χ0n) is 15.2. The van der Waals surface area contributed by atoms with Crippen molar-refractivity contribution in [2.24, 2.45) is 0 Å². The van der Waals surface area contributed by atoms with Crippen LogP contribution in [-0.4, -0.2) is 27.5 Å². The van der Waals surface area contributed by atoms with Gasteiger partial charge in [-0.05, 0) is 56.2 Å². The van der Waals surface area contributed by atoms with Crippen molar-refractivity contribution in [3.8, 4) is 5.75 Å².